The van der Waals surface area contributed by atoms with Crippen molar-refractivity contribution in [2.45, 2.75) is 40.5 Å². The summed E-state index contributed by atoms with van der Waals surface area (Å²) in [5, 5.41) is 17.7. The van der Waals surface area contributed by atoms with Gasteiger partial charge in [-0.2, -0.15) is 0 Å². The molecule has 2 aromatic heterocycles. The number of aromatic carboxylic acids is 2. The smallest absolute Gasteiger partial charge is 0.354 e. The summed E-state index contributed by atoms with van der Waals surface area (Å²) in [6.45, 7) is 8.62. The zero-order chi connectivity index (χ0) is 25.1. The first-order valence-electron chi connectivity index (χ1n) is 10.4. The first-order chi connectivity index (χ1) is 15.5. The maximum absolute atomic E-state index is 12.3. The number of esters is 1. The van der Waals surface area contributed by atoms with Crippen LogP contribution < -0.4 is 0 Å². The van der Waals surface area contributed by atoms with Gasteiger partial charge in [0.1, 0.15) is 11.4 Å². The molecule has 2 aromatic rings. The van der Waals surface area contributed by atoms with E-state index in [0.29, 0.717) is 24.5 Å². The second-order valence-corrected chi connectivity index (χ2v) is 7.16. The van der Waals surface area contributed by atoms with Crippen molar-refractivity contribution in [2.24, 2.45) is 0 Å². The van der Waals surface area contributed by atoms with Crippen LogP contribution in [0.5, 0.6) is 0 Å². The lowest BCUT2D eigenvalue weighted by Gasteiger charge is -2.21. The third kappa shape index (κ3) is 8.32. The molecule has 0 aromatic carbocycles. The number of aryl methyl sites for hydroxylation is 2. The van der Waals surface area contributed by atoms with Gasteiger partial charge in [0.05, 0.1) is 18.2 Å². The third-order valence-electron chi connectivity index (χ3n) is 4.29. The number of carboxylic acid groups (broad SMARTS) is 2. The molecule has 0 spiro atoms. The van der Waals surface area contributed by atoms with Gasteiger partial charge in [-0.25, -0.2) is 24.4 Å². The number of ether oxygens (including phenoxy) is 1. The van der Waals surface area contributed by atoms with E-state index in [1.54, 1.807) is 18.7 Å². The molecule has 2 N–H and O–H groups in total. The summed E-state index contributed by atoms with van der Waals surface area (Å²) < 4.78 is 4.47. The minimum absolute atomic E-state index is 0.101. The Kier molecular flexibility index (Phi) is 10.6. The molecule has 0 aliphatic carbocycles. The van der Waals surface area contributed by atoms with E-state index in [4.69, 9.17) is 10.2 Å². The summed E-state index contributed by atoms with van der Waals surface area (Å²) in [4.78, 5) is 54.6. The summed E-state index contributed by atoms with van der Waals surface area (Å²) in [6, 6.07) is 5.46. The van der Waals surface area contributed by atoms with Crippen LogP contribution in [-0.4, -0.2) is 69.1 Å². The van der Waals surface area contributed by atoms with Crippen molar-refractivity contribution >= 4 is 23.8 Å². The zero-order valence-corrected chi connectivity index (χ0v) is 19.4. The molecule has 0 atom stereocenters. The average Bonchev–Trinajstić information content (AvgIpc) is 2.77. The van der Waals surface area contributed by atoms with Gasteiger partial charge < -0.3 is 19.8 Å². The second kappa shape index (κ2) is 12.9. The molecule has 0 saturated heterocycles. The number of amides is 1. The second-order valence-electron chi connectivity index (χ2n) is 7.16. The number of methoxy groups -OCH3 is 1. The van der Waals surface area contributed by atoms with Gasteiger partial charge in [0.2, 0.25) is 0 Å². The number of carbonyl (C=O) groups excluding carboxylic acids is 2. The van der Waals surface area contributed by atoms with Gasteiger partial charge in [-0.15, -0.1) is 0 Å². The molecular formula is C23H29N3O7. The highest BCUT2D eigenvalue weighted by Gasteiger charge is 2.18. The topological polar surface area (TPSA) is 147 Å². The first kappa shape index (κ1) is 27.2. The number of aromatic nitrogens is 2. The summed E-state index contributed by atoms with van der Waals surface area (Å²) in [7, 11) is 1.23. The monoisotopic (exact) mass is 459 g/mol. The van der Waals surface area contributed by atoms with Gasteiger partial charge in [-0.3, -0.25) is 4.79 Å². The van der Waals surface area contributed by atoms with E-state index in [1.807, 2.05) is 13.8 Å². The average molecular weight is 459 g/mol. The Morgan fingerprint density at radius 2 is 1.30 bits per heavy atom. The summed E-state index contributed by atoms with van der Waals surface area (Å²) in [5.41, 5.74) is 1.34. The quantitative estimate of drug-likeness (QED) is 0.568. The number of rotatable bonds is 8. The zero-order valence-electron chi connectivity index (χ0n) is 19.4. The molecule has 0 unspecified atom stereocenters. The molecule has 0 aliphatic heterocycles. The molecule has 0 saturated carbocycles. The molecule has 2 rings (SSSR count). The van der Waals surface area contributed by atoms with Gasteiger partial charge in [0, 0.05) is 24.5 Å². The number of pyridine rings is 2. The largest absolute Gasteiger partial charge is 0.478 e. The SMILES string of the molecule is CCCN(CCC)C(=O)c1cc(C(=O)O)cc(C)n1.COC(=O)c1cc(C)nc(C(=O)O)c1. The number of hydrogen-bond donors (Lipinski definition) is 2. The maximum Gasteiger partial charge on any atom is 0.354 e. The fourth-order valence-electron chi connectivity index (χ4n) is 2.93. The van der Waals surface area contributed by atoms with E-state index >= 15 is 0 Å². The molecule has 0 radical (unpaired) electrons. The van der Waals surface area contributed by atoms with Crippen molar-refractivity contribution < 1.29 is 34.1 Å². The minimum Gasteiger partial charge on any atom is -0.478 e. The molecule has 10 heteroatoms. The highest BCUT2D eigenvalue weighted by atomic mass is 16.5. The number of hydrogen-bond acceptors (Lipinski definition) is 7. The number of carboxylic acids is 2. The van der Waals surface area contributed by atoms with E-state index in [0.717, 1.165) is 12.8 Å². The molecule has 0 fully saturated rings. The highest BCUT2D eigenvalue weighted by molar-refractivity contribution is 5.96. The van der Waals surface area contributed by atoms with Crippen LogP contribution in [0.3, 0.4) is 0 Å². The van der Waals surface area contributed by atoms with Crippen LogP contribution in [0.25, 0.3) is 0 Å². The Hall–Kier alpha value is -3.82. The number of carbonyl (C=O) groups is 4. The summed E-state index contributed by atoms with van der Waals surface area (Å²) in [5.74, 6) is -2.98. The van der Waals surface area contributed by atoms with E-state index < -0.39 is 17.9 Å². The van der Waals surface area contributed by atoms with E-state index in [1.165, 1.54) is 31.4 Å². The van der Waals surface area contributed by atoms with Crippen molar-refractivity contribution in [2.75, 3.05) is 20.2 Å². The normalized spacial score (nSPS) is 9.97. The van der Waals surface area contributed by atoms with Crippen LogP contribution in [0.1, 0.15) is 79.8 Å². The van der Waals surface area contributed by atoms with Crippen molar-refractivity contribution in [3.05, 3.63) is 58.2 Å². The fraction of sp³-hybridized carbons (Fsp3) is 0.391. The minimum atomic E-state index is -1.17. The van der Waals surface area contributed by atoms with Crippen LogP contribution in [0.4, 0.5) is 0 Å². The summed E-state index contributed by atoms with van der Waals surface area (Å²) in [6.07, 6.45) is 1.73. The van der Waals surface area contributed by atoms with Crippen LogP contribution >= 0.6 is 0 Å². The third-order valence-corrected chi connectivity index (χ3v) is 4.29. The number of nitrogens with zero attached hydrogens (tertiary/aromatic N) is 3. The van der Waals surface area contributed by atoms with Gasteiger partial charge in [-0.05, 0) is 51.0 Å². The first-order valence-corrected chi connectivity index (χ1v) is 10.4. The molecule has 2 heterocycles. The van der Waals surface area contributed by atoms with Gasteiger partial charge in [0.15, 0.2) is 0 Å². The standard InChI is InChI=1S/C14H20N2O3.C9H9NO4/c1-4-6-16(7-5-2)13(17)12-9-11(14(18)19)8-10(3)15-12;1-5-3-6(9(13)14-2)4-7(10-5)8(11)12/h8-9H,4-7H2,1-3H3,(H,18,19);3-4H,1-2H3,(H,11,12). The molecule has 178 valence electrons. The molecular weight excluding hydrogens is 430 g/mol. The maximum atomic E-state index is 12.3. The summed E-state index contributed by atoms with van der Waals surface area (Å²) >= 11 is 0. The van der Waals surface area contributed by atoms with E-state index in [2.05, 4.69) is 14.7 Å². The Morgan fingerprint density at radius 1 is 0.818 bits per heavy atom. The predicted molar refractivity (Wildman–Crippen MR) is 120 cm³/mol. The van der Waals surface area contributed by atoms with Crippen LogP contribution in [0.15, 0.2) is 24.3 Å². The van der Waals surface area contributed by atoms with Crippen LogP contribution in [-0.2, 0) is 4.74 Å². The van der Waals surface area contributed by atoms with Crippen molar-refractivity contribution in [1.29, 1.82) is 0 Å². The Bertz CT molecular complexity index is 1020. The Balaban J connectivity index is 0.000000346. The van der Waals surface area contributed by atoms with Crippen molar-refractivity contribution in [1.82, 2.24) is 14.9 Å². The predicted octanol–water partition coefficient (Wildman–Crippen LogP) is 3.23. The lowest BCUT2D eigenvalue weighted by atomic mass is 10.1. The van der Waals surface area contributed by atoms with Gasteiger partial charge >= 0.3 is 17.9 Å². The molecule has 0 bridgehead atoms. The van der Waals surface area contributed by atoms with Crippen LogP contribution in [0.2, 0.25) is 0 Å². The Labute approximate surface area is 192 Å². The van der Waals surface area contributed by atoms with Gasteiger partial charge in [-0.1, -0.05) is 13.8 Å². The van der Waals surface area contributed by atoms with Crippen molar-refractivity contribution in [3.63, 3.8) is 0 Å². The molecule has 33 heavy (non-hydrogen) atoms. The van der Waals surface area contributed by atoms with Crippen molar-refractivity contribution in [3.8, 4) is 0 Å². The molecule has 1 amide bonds. The Morgan fingerprint density at radius 3 is 1.76 bits per heavy atom. The molecule has 0 aliphatic rings. The highest BCUT2D eigenvalue weighted by Crippen LogP contribution is 2.10. The van der Waals surface area contributed by atoms with Gasteiger partial charge in [0.25, 0.3) is 5.91 Å². The molecule has 10 nitrogen and oxygen atoms in total. The van der Waals surface area contributed by atoms with E-state index in [-0.39, 0.29) is 28.4 Å². The van der Waals surface area contributed by atoms with Crippen LogP contribution in [0, 0.1) is 13.8 Å². The van der Waals surface area contributed by atoms with E-state index in [9.17, 15) is 19.2 Å². The fourth-order valence-corrected chi connectivity index (χ4v) is 2.93. The lowest BCUT2D eigenvalue weighted by Crippen LogP contribution is -2.33. The lowest BCUT2D eigenvalue weighted by molar-refractivity contribution is 0.0599.